The molecule has 0 unspecified atom stereocenters. The van der Waals surface area contributed by atoms with Gasteiger partial charge in [0.1, 0.15) is 10.8 Å². The van der Waals surface area contributed by atoms with Crippen molar-refractivity contribution in [1.82, 2.24) is 9.78 Å². The van der Waals surface area contributed by atoms with E-state index in [1.807, 2.05) is 24.3 Å². The molecule has 1 aromatic carbocycles. The summed E-state index contributed by atoms with van der Waals surface area (Å²) in [5.41, 5.74) is 1.42. The number of para-hydroxylation sites is 1. The first-order valence-corrected chi connectivity index (χ1v) is 9.84. The molecule has 2 rings (SSSR count). The minimum absolute atomic E-state index is 0.190. The highest BCUT2D eigenvalue weighted by atomic mass is 79.9. The number of rotatable bonds is 10. The van der Waals surface area contributed by atoms with Gasteiger partial charge in [-0.25, -0.2) is 4.68 Å². The van der Waals surface area contributed by atoms with Crippen molar-refractivity contribution in [1.29, 1.82) is 0 Å². The number of alkyl halides is 1. The van der Waals surface area contributed by atoms with Crippen LogP contribution in [0.1, 0.15) is 24.8 Å². The molecule has 1 N–H and O–H groups in total. The summed E-state index contributed by atoms with van der Waals surface area (Å²) in [5, 5.41) is 8.57. The van der Waals surface area contributed by atoms with Crippen molar-refractivity contribution in [3.8, 4) is 5.75 Å². The maximum atomic E-state index is 12.3. The van der Waals surface area contributed by atoms with Gasteiger partial charge in [-0.05, 0) is 30.9 Å². The lowest BCUT2D eigenvalue weighted by atomic mass is 10.1. The number of hydrogen-bond donors (Lipinski definition) is 1. The van der Waals surface area contributed by atoms with E-state index >= 15 is 0 Å². The number of methoxy groups -OCH3 is 1. The van der Waals surface area contributed by atoms with E-state index in [9.17, 15) is 4.79 Å². The Kier molecular flexibility index (Phi) is 8.28. The average molecular weight is 429 g/mol. The van der Waals surface area contributed by atoms with Crippen LogP contribution in [0.3, 0.4) is 0 Å². The van der Waals surface area contributed by atoms with Crippen LogP contribution in [-0.2, 0) is 13.0 Å². The average Bonchev–Trinajstić information content (AvgIpc) is 2.64. The molecule has 0 saturated heterocycles. The van der Waals surface area contributed by atoms with Crippen LogP contribution in [0.2, 0.25) is 5.02 Å². The molecule has 2 aromatic rings. The maximum Gasteiger partial charge on any atom is 0.287 e. The van der Waals surface area contributed by atoms with E-state index in [2.05, 4.69) is 26.3 Å². The summed E-state index contributed by atoms with van der Waals surface area (Å²) in [6.45, 7) is 1.23. The highest BCUT2D eigenvalue weighted by Crippen LogP contribution is 2.19. The third kappa shape index (κ3) is 5.75. The predicted molar refractivity (Wildman–Crippen MR) is 106 cm³/mol. The molecule has 0 saturated carbocycles. The second-order valence-electron chi connectivity index (χ2n) is 5.64. The predicted octanol–water partition coefficient (Wildman–Crippen LogP) is 4.13. The van der Waals surface area contributed by atoms with Crippen LogP contribution in [0.4, 0.5) is 5.69 Å². The summed E-state index contributed by atoms with van der Waals surface area (Å²) in [7, 11) is 1.66. The van der Waals surface area contributed by atoms with Crippen molar-refractivity contribution < 1.29 is 4.74 Å². The van der Waals surface area contributed by atoms with Crippen molar-refractivity contribution in [2.24, 2.45) is 0 Å². The minimum atomic E-state index is -0.247. The van der Waals surface area contributed by atoms with Gasteiger partial charge in [0, 0.05) is 18.4 Å². The number of anilines is 1. The number of hydrogen-bond acceptors (Lipinski definition) is 4. The van der Waals surface area contributed by atoms with Crippen molar-refractivity contribution in [3.05, 3.63) is 51.4 Å². The number of nitrogens with zero attached hydrogens (tertiary/aromatic N) is 2. The molecular weight excluding hydrogens is 406 g/mol. The van der Waals surface area contributed by atoms with Gasteiger partial charge in [0.2, 0.25) is 0 Å². The van der Waals surface area contributed by atoms with Crippen LogP contribution < -0.4 is 15.6 Å². The Labute approximate surface area is 161 Å². The molecule has 5 nitrogen and oxygen atoms in total. The van der Waals surface area contributed by atoms with Gasteiger partial charge in [-0.2, -0.15) is 5.10 Å². The summed E-state index contributed by atoms with van der Waals surface area (Å²) in [4.78, 5) is 12.3. The third-order valence-corrected chi connectivity index (χ3v) is 4.82. The van der Waals surface area contributed by atoms with E-state index in [4.69, 9.17) is 16.3 Å². The summed E-state index contributed by atoms with van der Waals surface area (Å²) >= 11 is 9.61. The lowest BCUT2D eigenvalue weighted by Crippen LogP contribution is -2.24. The largest absolute Gasteiger partial charge is 0.496 e. The normalized spacial score (nSPS) is 10.7. The number of ether oxygens (including phenoxy) is 1. The van der Waals surface area contributed by atoms with E-state index in [1.165, 1.54) is 4.68 Å². The van der Waals surface area contributed by atoms with Crippen LogP contribution in [0.5, 0.6) is 5.75 Å². The standard InChI is InChI=1S/C18H23BrClN3O2/c1-25-16-8-4-3-7-14(16)9-11-21-15-13-22-23(18(24)17(15)20)12-6-2-5-10-19/h3-4,7-8,13,21H,2,5-6,9-12H2,1H3. The van der Waals surface area contributed by atoms with Gasteiger partial charge >= 0.3 is 0 Å². The Hall–Kier alpha value is -1.53. The second kappa shape index (κ2) is 10.5. The Morgan fingerprint density at radius 2 is 2.08 bits per heavy atom. The molecular formula is C18H23BrClN3O2. The Morgan fingerprint density at radius 3 is 2.84 bits per heavy atom. The summed E-state index contributed by atoms with van der Waals surface area (Å²) in [6.07, 6.45) is 5.43. The topological polar surface area (TPSA) is 56.1 Å². The monoisotopic (exact) mass is 427 g/mol. The lowest BCUT2D eigenvalue weighted by molar-refractivity contribution is 0.410. The van der Waals surface area contributed by atoms with Crippen molar-refractivity contribution in [3.63, 3.8) is 0 Å². The zero-order valence-electron chi connectivity index (χ0n) is 14.3. The van der Waals surface area contributed by atoms with Gasteiger partial charge < -0.3 is 10.1 Å². The molecule has 0 radical (unpaired) electrons. The van der Waals surface area contributed by atoms with Crippen LogP contribution >= 0.6 is 27.5 Å². The van der Waals surface area contributed by atoms with Crippen molar-refractivity contribution >= 4 is 33.2 Å². The van der Waals surface area contributed by atoms with Gasteiger partial charge in [-0.15, -0.1) is 0 Å². The Bertz CT molecular complexity index is 737. The third-order valence-electron chi connectivity index (χ3n) is 3.89. The minimum Gasteiger partial charge on any atom is -0.496 e. The molecule has 0 amide bonds. The number of unbranched alkanes of at least 4 members (excludes halogenated alkanes) is 2. The quantitative estimate of drug-likeness (QED) is 0.457. The van der Waals surface area contributed by atoms with E-state index in [1.54, 1.807) is 13.3 Å². The van der Waals surface area contributed by atoms with Crippen molar-refractivity contribution in [2.45, 2.75) is 32.2 Å². The number of aryl methyl sites for hydroxylation is 1. The zero-order valence-corrected chi connectivity index (χ0v) is 16.6. The summed E-state index contributed by atoms with van der Waals surface area (Å²) in [5.74, 6) is 0.854. The van der Waals surface area contributed by atoms with Gasteiger partial charge in [0.15, 0.2) is 0 Å². The van der Waals surface area contributed by atoms with E-state index in [0.29, 0.717) is 18.8 Å². The number of nitrogens with one attached hydrogen (secondary N) is 1. The smallest absolute Gasteiger partial charge is 0.287 e. The molecule has 0 aliphatic rings. The number of halogens is 2. The first kappa shape index (κ1) is 19.8. The fourth-order valence-corrected chi connectivity index (χ4v) is 3.13. The van der Waals surface area contributed by atoms with E-state index in [-0.39, 0.29) is 10.6 Å². The van der Waals surface area contributed by atoms with E-state index < -0.39 is 0 Å². The molecule has 0 fully saturated rings. The molecule has 25 heavy (non-hydrogen) atoms. The van der Waals surface area contributed by atoms with Crippen molar-refractivity contribution in [2.75, 3.05) is 24.3 Å². The second-order valence-corrected chi connectivity index (χ2v) is 6.81. The Balaban J connectivity index is 1.94. The molecule has 0 spiro atoms. The molecule has 7 heteroatoms. The fraction of sp³-hybridized carbons (Fsp3) is 0.444. The molecule has 0 atom stereocenters. The van der Waals surface area contributed by atoms with Gasteiger partial charge in [-0.1, -0.05) is 52.2 Å². The highest BCUT2D eigenvalue weighted by molar-refractivity contribution is 9.09. The van der Waals surface area contributed by atoms with Crippen LogP contribution in [-0.4, -0.2) is 28.8 Å². The SMILES string of the molecule is COc1ccccc1CCNc1cnn(CCCCCBr)c(=O)c1Cl. The van der Waals surface area contributed by atoms with Crippen LogP contribution in [0, 0.1) is 0 Å². The van der Waals surface area contributed by atoms with Crippen LogP contribution in [0.25, 0.3) is 0 Å². The number of aromatic nitrogens is 2. The van der Waals surface area contributed by atoms with Gasteiger partial charge in [-0.3, -0.25) is 4.79 Å². The van der Waals surface area contributed by atoms with E-state index in [0.717, 1.165) is 42.3 Å². The zero-order chi connectivity index (χ0) is 18.1. The van der Waals surface area contributed by atoms with Crippen LogP contribution in [0.15, 0.2) is 35.3 Å². The van der Waals surface area contributed by atoms with Gasteiger partial charge in [0.25, 0.3) is 5.56 Å². The first-order valence-electron chi connectivity index (χ1n) is 8.34. The molecule has 0 aliphatic carbocycles. The molecule has 1 heterocycles. The molecule has 1 aromatic heterocycles. The Morgan fingerprint density at radius 1 is 1.28 bits per heavy atom. The maximum absolute atomic E-state index is 12.3. The lowest BCUT2D eigenvalue weighted by Gasteiger charge is -2.11. The fourth-order valence-electron chi connectivity index (χ4n) is 2.52. The van der Waals surface area contributed by atoms with Gasteiger partial charge in [0.05, 0.1) is 19.0 Å². The summed E-state index contributed by atoms with van der Waals surface area (Å²) in [6, 6.07) is 7.86. The molecule has 0 bridgehead atoms. The summed E-state index contributed by atoms with van der Waals surface area (Å²) < 4.78 is 6.77. The number of benzene rings is 1. The molecule has 136 valence electrons. The molecule has 0 aliphatic heterocycles. The first-order chi connectivity index (χ1) is 12.2. The highest BCUT2D eigenvalue weighted by Gasteiger charge is 2.09.